The van der Waals surface area contributed by atoms with Gasteiger partial charge in [0, 0.05) is 35.4 Å². The largest absolute Gasteiger partial charge is 0.482 e. The number of rotatable bonds is 8. The molecule has 154 valence electrons. The van der Waals surface area contributed by atoms with Crippen molar-refractivity contribution in [1.29, 1.82) is 0 Å². The lowest BCUT2D eigenvalue weighted by atomic mass is 9.98. The van der Waals surface area contributed by atoms with Gasteiger partial charge < -0.3 is 9.84 Å². The maximum absolute atomic E-state index is 10.7. The Bertz CT molecular complexity index is 1040. The zero-order chi connectivity index (χ0) is 21.5. The second-order valence-electron chi connectivity index (χ2n) is 6.16. The highest BCUT2D eigenvalue weighted by Crippen LogP contribution is 2.35. The van der Waals surface area contributed by atoms with E-state index in [0.29, 0.717) is 21.5 Å². The van der Waals surface area contributed by atoms with E-state index in [4.69, 9.17) is 33.0 Å². The van der Waals surface area contributed by atoms with E-state index in [1.165, 1.54) is 0 Å². The number of aliphatic carboxylic acids is 1. The van der Waals surface area contributed by atoms with E-state index in [-0.39, 0.29) is 6.61 Å². The third-order valence-corrected chi connectivity index (χ3v) is 7.04. The van der Waals surface area contributed by atoms with Crippen molar-refractivity contribution in [3.63, 3.8) is 0 Å². The number of ether oxygens (including phenoxy) is 1. The van der Waals surface area contributed by atoms with Crippen LogP contribution in [0, 0.1) is 3.57 Å². The molecule has 7 heteroatoms. The molecule has 1 N–H and O–H groups in total. The van der Waals surface area contributed by atoms with Crippen LogP contribution in [0.5, 0.6) is 5.75 Å². The van der Waals surface area contributed by atoms with Crippen molar-refractivity contribution in [2.75, 3.05) is 12.4 Å². The highest BCUT2D eigenvalue weighted by atomic mass is 127. The van der Waals surface area contributed by atoms with Crippen LogP contribution in [-0.4, -0.2) is 23.4 Å². The highest BCUT2D eigenvalue weighted by Gasteiger charge is 2.12. The van der Waals surface area contributed by atoms with Gasteiger partial charge in [0.15, 0.2) is 6.61 Å². The van der Waals surface area contributed by atoms with Crippen molar-refractivity contribution in [2.24, 2.45) is 0 Å². The predicted molar refractivity (Wildman–Crippen MR) is 133 cm³/mol. The molecule has 0 saturated carbocycles. The number of thioether (sulfide) groups is 1. The SMILES string of the molecule is O=C(O)COc1ccc(SCC=C(c2ccccc2Cl)c2ccccc2Cl)c(I)c1. The van der Waals surface area contributed by atoms with Gasteiger partial charge in [0.1, 0.15) is 5.75 Å². The Balaban J connectivity index is 1.83. The van der Waals surface area contributed by atoms with E-state index in [9.17, 15) is 4.79 Å². The van der Waals surface area contributed by atoms with Crippen LogP contribution in [0.15, 0.2) is 77.7 Å². The average Bonchev–Trinajstić information content (AvgIpc) is 2.72. The lowest BCUT2D eigenvalue weighted by Crippen LogP contribution is -2.09. The van der Waals surface area contributed by atoms with E-state index < -0.39 is 5.97 Å². The molecule has 3 aromatic carbocycles. The summed E-state index contributed by atoms with van der Waals surface area (Å²) in [5.41, 5.74) is 2.84. The molecule has 0 saturated heterocycles. The van der Waals surface area contributed by atoms with Gasteiger partial charge >= 0.3 is 5.97 Å². The van der Waals surface area contributed by atoms with Crippen molar-refractivity contribution in [2.45, 2.75) is 4.90 Å². The third kappa shape index (κ3) is 6.17. The molecule has 0 fully saturated rings. The van der Waals surface area contributed by atoms with Gasteiger partial charge in [0.05, 0.1) is 0 Å². The molecular formula is C23H17Cl2IO3S. The van der Waals surface area contributed by atoms with Gasteiger partial charge in [-0.15, -0.1) is 11.8 Å². The van der Waals surface area contributed by atoms with Crippen LogP contribution in [-0.2, 0) is 4.79 Å². The predicted octanol–water partition coefficient (Wildman–Crippen LogP) is 7.29. The number of benzene rings is 3. The number of carboxylic acid groups (broad SMARTS) is 1. The second kappa shape index (κ2) is 11.1. The van der Waals surface area contributed by atoms with Gasteiger partial charge in [0.2, 0.25) is 0 Å². The molecule has 0 atom stereocenters. The lowest BCUT2D eigenvalue weighted by Gasteiger charge is -2.13. The topological polar surface area (TPSA) is 46.5 Å². The Hall–Kier alpha value is -1.67. The fourth-order valence-corrected chi connectivity index (χ4v) is 4.99. The Morgan fingerprint density at radius 3 is 2.13 bits per heavy atom. The van der Waals surface area contributed by atoms with Crippen molar-refractivity contribution in [1.82, 2.24) is 0 Å². The number of halogens is 3. The number of hydrogen-bond acceptors (Lipinski definition) is 3. The summed E-state index contributed by atoms with van der Waals surface area (Å²) >= 11 is 16.8. The fraction of sp³-hybridized carbons (Fsp3) is 0.0870. The molecule has 30 heavy (non-hydrogen) atoms. The molecule has 0 radical (unpaired) electrons. The van der Waals surface area contributed by atoms with E-state index in [1.54, 1.807) is 17.8 Å². The van der Waals surface area contributed by atoms with Crippen molar-refractivity contribution >= 4 is 69.1 Å². The highest BCUT2D eigenvalue weighted by molar-refractivity contribution is 14.1. The van der Waals surface area contributed by atoms with Gasteiger partial charge in [-0.3, -0.25) is 0 Å². The minimum Gasteiger partial charge on any atom is -0.482 e. The molecule has 3 aromatic rings. The van der Waals surface area contributed by atoms with Crippen molar-refractivity contribution < 1.29 is 14.6 Å². The Morgan fingerprint density at radius 2 is 1.60 bits per heavy atom. The minimum absolute atomic E-state index is 0.357. The van der Waals surface area contributed by atoms with Crippen LogP contribution in [0.4, 0.5) is 0 Å². The normalized spacial score (nSPS) is 10.5. The smallest absolute Gasteiger partial charge is 0.341 e. The van der Waals surface area contributed by atoms with Gasteiger partial charge in [-0.2, -0.15) is 0 Å². The number of hydrogen-bond donors (Lipinski definition) is 1. The van der Waals surface area contributed by atoms with Gasteiger partial charge in [-0.05, 0) is 58.5 Å². The summed E-state index contributed by atoms with van der Waals surface area (Å²) in [6, 6.07) is 21.0. The summed E-state index contributed by atoms with van der Waals surface area (Å²) in [5, 5.41) is 10.1. The summed E-state index contributed by atoms with van der Waals surface area (Å²) in [6.07, 6.45) is 2.12. The molecule has 0 aliphatic heterocycles. The molecule has 3 nitrogen and oxygen atoms in total. The molecule has 0 heterocycles. The monoisotopic (exact) mass is 570 g/mol. The molecular weight excluding hydrogens is 554 g/mol. The maximum atomic E-state index is 10.7. The van der Waals surface area contributed by atoms with Gasteiger partial charge in [-0.1, -0.05) is 65.7 Å². The van der Waals surface area contributed by atoms with Crippen LogP contribution < -0.4 is 4.74 Å². The van der Waals surface area contributed by atoms with E-state index in [2.05, 4.69) is 28.7 Å². The second-order valence-corrected chi connectivity index (χ2v) is 9.20. The van der Waals surface area contributed by atoms with Gasteiger partial charge in [-0.25, -0.2) is 4.79 Å². The molecule has 0 amide bonds. The van der Waals surface area contributed by atoms with Crippen LogP contribution in [0.1, 0.15) is 11.1 Å². The van der Waals surface area contributed by atoms with E-state index in [0.717, 1.165) is 25.2 Å². The Kier molecular flexibility index (Phi) is 8.50. The maximum Gasteiger partial charge on any atom is 0.341 e. The molecule has 0 spiro atoms. The quantitative estimate of drug-likeness (QED) is 0.228. The zero-order valence-corrected chi connectivity index (χ0v) is 20.1. The first-order chi connectivity index (χ1) is 14.5. The molecule has 3 rings (SSSR count). The van der Waals surface area contributed by atoms with Crippen LogP contribution in [0.25, 0.3) is 5.57 Å². The Morgan fingerprint density at radius 1 is 1.00 bits per heavy atom. The summed E-state index contributed by atoms with van der Waals surface area (Å²) in [4.78, 5) is 11.7. The van der Waals surface area contributed by atoms with Crippen LogP contribution in [0.3, 0.4) is 0 Å². The standard InChI is InChI=1S/C23H17Cl2IO3S/c24-19-7-3-1-5-17(19)16(18-6-2-4-8-20(18)25)11-12-30-22-10-9-15(13-21(22)26)29-14-23(27)28/h1-11,13H,12,14H2,(H,27,28). The molecule has 0 unspecified atom stereocenters. The van der Waals surface area contributed by atoms with Crippen LogP contribution >= 0.6 is 57.6 Å². The molecule has 0 bridgehead atoms. The first-order valence-electron chi connectivity index (χ1n) is 8.92. The summed E-state index contributed by atoms with van der Waals surface area (Å²) < 4.78 is 6.22. The molecule has 0 aliphatic carbocycles. The Labute approximate surface area is 203 Å². The number of carboxylic acids is 1. The van der Waals surface area contributed by atoms with Crippen LogP contribution in [0.2, 0.25) is 10.0 Å². The summed E-state index contributed by atoms with van der Waals surface area (Å²) in [6.45, 7) is -0.357. The first-order valence-corrected chi connectivity index (χ1v) is 11.7. The average molecular weight is 571 g/mol. The molecule has 0 aromatic heterocycles. The first kappa shape index (κ1) is 23.0. The summed E-state index contributed by atoms with van der Waals surface area (Å²) in [7, 11) is 0. The van der Waals surface area contributed by atoms with Gasteiger partial charge in [0.25, 0.3) is 0 Å². The van der Waals surface area contributed by atoms with E-state index >= 15 is 0 Å². The van der Waals surface area contributed by atoms with Crippen molar-refractivity contribution in [3.05, 3.63) is 97.5 Å². The fourth-order valence-electron chi connectivity index (χ4n) is 2.77. The number of carbonyl (C=O) groups is 1. The summed E-state index contributed by atoms with van der Waals surface area (Å²) in [5.74, 6) is 0.242. The molecule has 0 aliphatic rings. The minimum atomic E-state index is -1.000. The van der Waals surface area contributed by atoms with E-state index in [1.807, 2.05) is 60.7 Å². The third-order valence-electron chi connectivity index (χ3n) is 4.12. The zero-order valence-electron chi connectivity index (χ0n) is 15.6. The van der Waals surface area contributed by atoms with Crippen molar-refractivity contribution in [3.8, 4) is 5.75 Å². The lowest BCUT2D eigenvalue weighted by molar-refractivity contribution is -0.139.